The highest BCUT2D eigenvalue weighted by molar-refractivity contribution is 9.10. The minimum Gasteiger partial charge on any atom is -0.357 e. The molecule has 6 rings (SSSR count). The van der Waals surface area contributed by atoms with E-state index in [1.165, 1.54) is 19.2 Å². The number of halogens is 1. The number of rotatable bonds is 15. The number of aryl methyl sites for hydroxylation is 1. The Morgan fingerprint density at radius 1 is 0.764 bits per heavy atom. The lowest BCUT2D eigenvalue weighted by atomic mass is 9.97. The topological polar surface area (TPSA) is 149 Å². The number of amides is 3. The maximum absolute atomic E-state index is 14.0. The fourth-order valence-electron chi connectivity index (χ4n) is 6.27. The number of aromatic amines is 1. The quantitative estimate of drug-likeness (QED) is 0.0560. The van der Waals surface area contributed by atoms with E-state index in [0.717, 1.165) is 48.9 Å². The van der Waals surface area contributed by atoms with Crippen LogP contribution in [-0.2, 0) is 37.2 Å². The zero-order chi connectivity index (χ0) is 38.8. The van der Waals surface area contributed by atoms with Crippen molar-refractivity contribution in [2.75, 3.05) is 7.05 Å². The monoisotopic (exact) mass is 817 g/mol. The van der Waals surface area contributed by atoms with E-state index in [1.807, 2.05) is 109 Å². The summed E-state index contributed by atoms with van der Waals surface area (Å²) in [6.45, 7) is 0. The van der Waals surface area contributed by atoms with Crippen LogP contribution in [0.4, 0.5) is 0 Å². The second kappa shape index (κ2) is 18.0. The van der Waals surface area contributed by atoms with Crippen molar-refractivity contribution in [1.82, 2.24) is 25.9 Å². The van der Waals surface area contributed by atoms with Gasteiger partial charge in [0.15, 0.2) is 0 Å². The van der Waals surface area contributed by atoms with Crippen molar-refractivity contribution in [1.29, 1.82) is 0 Å². The van der Waals surface area contributed by atoms with Gasteiger partial charge < -0.3 is 15.6 Å². The van der Waals surface area contributed by atoms with Gasteiger partial charge in [-0.1, -0.05) is 125 Å². The number of hydrazine groups is 1. The number of carbonyl (C=O) groups is 3. The molecule has 0 unspecified atom stereocenters. The van der Waals surface area contributed by atoms with Gasteiger partial charge in [-0.3, -0.25) is 19.8 Å². The molecule has 10 nitrogen and oxygen atoms in total. The summed E-state index contributed by atoms with van der Waals surface area (Å²) in [6, 6.07) is 40.1. The summed E-state index contributed by atoms with van der Waals surface area (Å²) in [5.41, 5.74) is 8.61. The predicted molar refractivity (Wildman–Crippen MR) is 219 cm³/mol. The average Bonchev–Trinajstić information content (AvgIpc) is 3.58. The number of allylic oxidation sites excluding steroid dienone is 1. The Bertz CT molecular complexity index is 2420. The molecule has 0 spiro atoms. The number of likely N-dealkylation sites (N-methyl/N-ethyl adjacent to an activating group) is 1. The van der Waals surface area contributed by atoms with Crippen LogP contribution in [0.3, 0.4) is 0 Å². The van der Waals surface area contributed by atoms with Crippen LogP contribution in [0.15, 0.2) is 154 Å². The van der Waals surface area contributed by atoms with E-state index in [0.29, 0.717) is 12.8 Å². The summed E-state index contributed by atoms with van der Waals surface area (Å²) in [4.78, 5) is 46.2. The fourth-order valence-corrected chi connectivity index (χ4v) is 7.40. The first-order valence-electron chi connectivity index (χ1n) is 17.7. The molecule has 0 fully saturated rings. The normalized spacial score (nSPS) is 12.2. The predicted octanol–water partition coefficient (Wildman–Crippen LogP) is 7.00. The first-order chi connectivity index (χ1) is 26.6. The number of para-hydroxylation sites is 1. The Morgan fingerprint density at radius 2 is 1.38 bits per heavy atom. The Hall–Kier alpha value is -5.82. The minimum atomic E-state index is -4.14. The average molecular weight is 819 g/mol. The second-order valence-electron chi connectivity index (χ2n) is 12.8. The Morgan fingerprint density at radius 3 is 2.05 bits per heavy atom. The number of nitrogens with one attached hydrogen (secondary N) is 5. The van der Waals surface area contributed by atoms with Crippen LogP contribution in [0.5, 0.6) is 0 Å². The number of fused-ring (bicyclic) bond motifs is 1. The number of sulfonamides is 1. The molecule has 5 N–H and O–H groups in total. The number of H-pyrrole nitrogens is 1. The standard InChI is InChI=1S/C43H40BrN5O5S/c1-45-43(52)39(28-37-36-17-8-9-18-38(36)46-41(37)32-14-6-3-7-15-32)47-42(51)33(16-10-13-29-11-4-2-5-12-29)27-40(50)48-49-55(53,54)35-25-21-31(22-26-35)30-19-23-34(44)24-20-30/h2-9,11-12,14-26,39,46,49H,10,13,27-28H2,1H3,(H,45,52)(H,47,51)(H,48,50)/b33-16+/t39-/m0/s1. The molecule has 1 aromatic heterocycles. The zero-order valence-corrected chi connectivity index (χ0v) is 32.4. The molecule has 0 saturated carbocycles. The first-order valence-corrected chi connectivity index (χ1v) is 20.0. The van der Waals surface area contributed by atoms with Crippen molar-refractivity contribution >= 4 is 54.6 Å². The maximum atomic E-state index is 14.0. The van der Waals surface area contributed by atoms with Gasteiger partial charge in [0.1, 0.15) is 6.04 Å². The summed E-state index contributed by atoms with van der Waals surface area (Å²) >= 11 is 3.41. The van der Waals surface area contributed by atoms with Gasteiger partial charge in [-0.15, -0.1) is 4.83 Å². The molecule has 5 aromatic carbocycles. The minimum absolute atomic E-state index is 0.0504. The SMILES string of the molecule is CNC(=O)[C@H](Cc1c(-c2ccccc2)[nH]c2ccccc12)NC(=O)/C(=C/CCc1ccccc1)CC(=O)NNS(=O)(=O)c1ccc(-c2ccc(Br)cc2)cc1. The van der Waals surface area contributed by atoms with Crippen molar-refractivity contribution < 1.29 is 22.8 Å². The van der Waals surface area contributed by atoms with Crippen LogP contribution in [-0.4, -0.2) is 44.2 Å². The van der Waals surface area contributed by atoms with Crippen LogP contribution >= 0.6 is 15.9 Å². The summed E-state index contributed by atoms with van der Waals surface area (Å²) in [6.07, 6.45) is 2.37. The molecule has 55 heavy (non-hydrogen) atoms. The van der Waals surface area contributed by atoms with Crippen molar-refractivity contribution in [2.45, 2.75) is 36.6 Å². The summed E-state index contributed by atoms with van der Waals surface area (Å²) in [5, 5.41) is 6.44. The van der Waals surface area contributed by atoms with Gasteiger partial charge in [-0.05, 0) is 71.0 Å². The van der Waals surface area contributed by atoms with Crippen LogP contribution in [0, 0.1) is 0 Å². The molecule has 0 saturated heterocycles. The van der Waals surface area contributed by atoms with E-state index >= 15 is 0 Å². The first kappa shape index (κ1) is 38.9. The van der Waals surface area contributed by atoms with Crippen LogP contribution in [0.25, 0.3) is 33.3 Å². The third-order valence-electron chi connectivity index (χ3n) is 9.13. The molecule has 0 aliphatic heterocycles. The van der Waals surface area contributed by atoms with Crippen LogP contribution in [0.2, 0.25) is 0 Å². The summed E-state index contributed by atoms with van der Waals surface area (Å²) < 4.78 is 27.2. The molecular weight excluding hydrogens is 778 g/mol. The molecule has 0 aliphatic carbocycles. The molecule has 1 heterocycles. The van der Waals surface area contributed by atoms with Crippen molar-refractivity contribution in [3.05, 3.63) is 161 Å². The van der Waals surface area contributed by atoms with Crippen LogP contribution in [0.1, 0.15) is 24.0 Å². The lowest BCUT2D eigenvalue weighted by molar-refractivity contribution is -0.127. The van der Waals surface area contributed by atoms with Gasteiger partial charge in [0.05, 0.1) is 11.3 Å². The van der Waals surface area contributed by atoms with Crippen LogP contribution < -0.4 is 20.9 Å². The van der Waals surface area contributed by atoms with Gasteiger partial charge in [0.2, 0.25) is 17.7 Å². The fraction of sp³-hybridized carbons (Fsp3) is 0.140. The van der Waals surface area contributed by atoms with Gasteiger partial charge in [-0.25, -0.2) is 8.42 Å². The molecule has 280 valence electrons. The molecule has 1 atom stereocenters. The Labute approximate surface area is 328 Å². The smallest absolute Gasteiger partial charge is 0.257 e. The molecular formula is C43H40BrN5O5S. The van der Waals surface area contributed by atoms with E-state index in [1.54, 1.807) is 18.2 Å². The van der Waals surface area contributed by atoms with E-state index < -0.39 is 40.2 Å². The molecule has 12 heteroatoms. The zero-order valence-electron chi connectivity index (χ0n) is 30.0. The third kappa shape index (κ3) is 10.0. The third-order valence-corrected chi connectivity index (χ3v) is 10.9. The van der Waals surface area contributed by atoms with E-state index in [4.69, 9.17) is 0 Å². The highest BCUT2D eigenvalue weighted by Crippen LogP contribution is 2.31. The Kier molecular flexibility index (Phi) is 12.7. The van der Waals surface area contributed by atoms with Gasteiger partial charge in [-0.2, -0.15) is 0 Å². The lowest BCUT2D eigenvalue weighted by Crippen LogP contribution is -2.48. The van der Waals surface area contributed by atoms with Gasteiger partial charge >= 0.3 is 0 Å². The molecule has 0 radical (unpaired) electrons. The number of hydrogen-bond donors (Lipinski definition) is 5. The Balaban J connectivity index is 1.19. The molecule has 6 aromatic rings. The molecule has 0 aliphatic rings. The maximum Gasteiger partial charge on any atom is 0.257 e. The second-order valence-corrected chi connectivity index (χ2v) is 15.4. The molecule has 3 amide bonds. The van der Waals surface area contributed by atoms with Crippen molar-refractivity contribution in [3.63, 3.8) is 0 Å². The number of aromatic nitrogens is 1. The van der Waals surface area contributed by atoms with Crippen molar-refractivity contribution in [3.8, 4) is 22.4 Å². The summed E-state index contributed by atoms with van der Waals surface area (Å²) in [7, 11) is -2.64. The van der Waals surface area contributed by atoms with Crippen molar-refractivity contribution in [2.24, 2.45) is 0 Å². The van der Waals surface area contributed by atoms with Gasteiger partial charge in [0.25, 0.3) is 10.0 Å². The van der Waals surface area contributed by atoms with E-state index in [-0.39, 0.29) is 16.9 Å². The summed E-state index contributed by atoms with van der Waals surface area (Å²) in [5.74, 6) is -1.79. The number of hydrogen-bond acceptors (Lipinski definition) is 5. The highest BCUT2D eigenvalue weighted by atomic mass is 79.9. The van der Waals surface area contributed by atoms with E-state index in [9.17, 15) is 22.8 Å². The number of benzene rings is 5. The lowest BCUT2D eigenvalue weighted by Gasteiger charge is -2.19. The van der Waals surface area contributed by atoms with Gasteiger partial charge in [0, 0.05) is 40.1 Å². The number of carbonyl (C=O) groups excluding carboxylic acids is 3. The highest BCUT2D eigenvalue weighted by Gasteiger charge is 2.26. The van der Waals surface area contributed by atoms with E-state index in [2.05, 4.69) is 41.8 Å². The molecule has 0 bridgehead atoms. The largest absolute Gasteiger partial charge is 0.357 e.